The van der Waals surface area contributed by atoms with Gasteiger partial charge in [-0.05, 0) is 24.3 Å². The van der Waals surface area contributed by atoms with Crippen LogP contribution < -0.4 is 5.73 Å². The van der Waals surface area contributed by atoms with E-state index in [1.165, 1.54) is 0 Å². The molecule has 78 valence electrons. The summed E-state index contributed by atoms with van der Waals surface area (Å²) in [6.45, 7) is 4.05. The predicted octanol–water partition coefficient (Wildman–Crippen LogP) is 2.44. The monoisotopic (exact) mass is 203 g/mol. The van der Waals surface area contributed by atoms with Gasteiger partial charge in [-0.25, -0.2) is 0 Å². The van der Waals surface area contributed by atoms with E-state index >= 15 is 0 Å². The van der Waals surface area contributed by atoms with Crippen LogP contribution in [0.3, 0.4) is 0 Å². The van der Waals surface area contributed by atoms with Crippen LogP contribution in [-0.4, -0.2) is 10.1 Å². The summed E-state index contributed by atoms with van der Waals surface area (Å²) in [4.78, 5) is 4.29. The highest BCUT2D eigenvalue weighted by Crippen LogP contribution is 2.20. The van der Waals surface area contributed by atoms with Crippen LogP contribution in [0.1, 0.15) is 25.6 Å². The Bertz CT molecular complexity index is 445. The van der Waals surface area contributed by atoms with Gasteiger partial charge < -0.3 is 10.3 Å². The lowest BCUT2D eigenvalue weighted by Gasteiger charge is -1.95. The van der Waals surface area contributed by atoms with Crippen molar-refractivity contribution in [3.63, 3.8) is 0 Å². The first-order valence-electron chi connectivity index (χ1n) is 4.86. The lowest BCUT2D eigenvalue weighted by atomic mass is 10.2. The molecular formula is C11H13N3O. The third-order valence-corrected chi connectivity index (χ3v) is 2.12. The van der Waals surface area contributed by atoms with Crippen LogP contribution in [0.15, 0.2) is 28.8 Å². The number of aromatic nitrogens is 2. The molecule has 1 aromatic heterocycles. The lowest BCUT2D eigenvalue weighted by Crippen LogP contribution is -1.89. The van der Waals surface area contributed by atoms with E-state index in [0.717, 1.165) is 17.1 Å². The Balaban J connectivity index is 2.33. The minimum Gasteiger partial charge on any atom is -0.399 e. The summed E-state index contributed by atoms with van der Waals surface area (Å²) < 4.78 is 5.15. The summed E-state index contributed by atoms with van der Waals surface area (Å²) in [5.41, 5.74) is 7.21. The van der Waals surface area contributed by atoms with Gasteiger partial charge in [0.25, 0.3) is 5.89 Å². The number of rotatable bonds is 2. The van der Waals surface area contributed by atoms with Crippen LogP contribution in [-0.2, 0) is 0 Å². The summed E-state index contributed by atoms with van der Waals surface area (Å²) >= 11 is 0. The van der Waals surface area contributed by atoms with Crippen molar-refractivity contribution < 1.29 is 4.52 Å². The topological polar surface area (TPSA) is 64.9 Å². The SMILES string of the molecule is CC(C)c1noc(-c2ccc(N)cc2)n1. The average Bonchev–Trinajstić information content (AvgIpc) is 2.68. The lowest BCUT2D eigenvalue weighted by molar-refractivity contribution is 0.419. The zero-order chi connectivity index (χ0) is 10.8. The Morgan fingerprint density at radius 3 is 2.40 bits per heavy atom. The molecule has 0 saturated carbocycles. The second-order valence-electron chi connectivity index (χ2n) is 3.73. The first kappa shape index (κ1) is 9.71. The quantitative estimate of drug-likeness (QED) is 0.761. The van der Waals surface area contributed by atoms with Gasteiger partial charge >= 0.3 is 0 Å². The molecule has 2 rings (SSSR count). The maximum absolute atomic E-state index is 5.59. The van der Waals surface area contributed by atoms with Crippen molar-refractivity contribution in [2.24, 2.45) is 0 Å². The van der Waals surface area contributed by atoms with Gasteiger partial charge in [0.15, 0.2) is 5.82 Å². The fourth-order valence-electron chi connectivity index (χ4n) is 1.21. The molecule has 0 amide bonds. The van der Waals surface area contributed by atoms with Gasteiger partial charge in [0.2, 0.25) is 0 Å². The largest absolute Gasteiger partial charge is 0.399 e. The number of hydrogen-bond acceptors (Lipinski definition) is 4. The molecular weight excluding hydrogens is 190 g/mol. The summed E-state index contributed by atoms with van der Waals surface area (Å²) in [5.74, 6) is 1.54. The molecule has 0 fully saturated rings. The van der Waals surface area contributed by atoms with E-state index in [1.807, 2.05) is 38.1 Å². The predicted molar refractivity (Wildman–Crippen MR) is 58.2 cm³/mol. The molecule has 4 nitrogen and oxygen atoms in total. The van der Waals surface area contributed by atoms with Crippen LogP contribution >= 0.6 is 0 Å². The summed E-state index contributed by atoms with van der Waals surface area (Å²) in [6.07, 6.45) is 0. The summed E-state index contributed by atoms with van der Waals surface area (Å²) in [6, 6.07) is 7.36. The Kier molecular flexibility index (Phi) is 2.41. The first-order chi connectivity index (χ1) is 7.16. The van der Waals surface area contributed by atoms with Gasteiger partial charge in [-0.1, -0.05) is 19.0 Å². The Morgan fingerprint density at radius 1 is 1.20 bits per heavy atom. The van der Waals surface area contributed by atoms with Crippen molar-refractivity contribution in [2.75, 3.05) is 5.73 Å². The maximum atomic E-state index is 5.59. The standard InChI is InChI=1S/C11H13N3O/c1-7(2)10-13-11(15-14-10)8-3-5-9(12)6-4-8/h3-7H,12H2,1-2H3. The smallest absolute Gasteiger partial charge is 0.257 e. The second kappa shape index (κ2) is 3.73. The van der Waals surface area contributed by atoms with Crippen molar-refractivity contribution in [3.8, 4) is 11.5 Å². The van der Waals surface area contributed by atoms with Gasteiger partial charge in [0.1, 0.15) is 0 Å². The zero-order valence-corrected chi connectivity index (χ0v) is 8.77. The van der Waals surface area contributed by atoms with Crippen molar-refractivity contribution in [1.29, 1.82) is 0 Å². The fraction of sp³-hybridized carbons (Fsp3) is 0.273. The van der Waals surface area contributed by atoms with Crippen molar-refractivity contribution in [1.82, 2.24) is 10.1 Å². The molecule has 1 aromatic carbocycles. The van der Waals surface area contributed by atoms with E-state index in [-0.39, 0.29) is 5.92 Å². The van der Waals surface area contributed by atoms with E-state index in [1.54, 1.807) is 0 Å². The molecule has 0 aliphatic heterocycles. The molecule has 4 heteroatoms. The van der Waals surface area contributed by atoms with Crippen molar-refractivity contribution >= 4 is 5.69 Å². The van der Waals surface area contributed by atoms with Gasteiger partial charge in [0.05, 0.1) is 0 Å². The number of hydrogen-bond donors (Lipinski definition) is 1. The number of benzene rings is 1. The van der Waals surface area contributed by atoms with Crippen LogP contribution in [0.2, 0.25) is 0 Å². The Hall–Kier alpha value is -1.84. The van der Waals surface area contributed by atoms with Crippen LogP contribution in [0.25, 0.3) is 11.5 Å². The minimum absolute atomic E-state index is 0.274. The molecule has 2 aromatic rings. The molecule has 0 unspecified atom stereocenters. The third-order valence-electron chi connectivity index (χ3n) is 2.12. The zero-order valence-electron chi connectivity index (χ0n) is 8.77. The fourth-order valence-corrected chi connectivity index (χ4v) is 1.21. The van der Waals surface area contributed by atoms with Crippen LogP contribution in [0.4, 0.5) is 5.69 Å². The molecule has 1 heterocycles. The number of anilines is 1. The van der Waals surface area contributed by atoms with E-state index in [0.29, 0.717) is 5.89 Å². The Morgan fingerprint density at radius 2 is 1.87 bits per heavy atom. The number of nitrogen functional groups attached to an aromatic ring is 1. The van der Waals surface area contributed by atoms with E-state index in [4.69, 9.17) is 10.3 Å². The van der Waals surface area contributed by atoms with Gasteiger partial charge in [0, 0.05) is 17.2 Å². The molecule has 0 aliphatic rings. The van der Waals surface area contributed by atoms with E-state index in [9.17, 15) is 0 Å². The van der Waals surface area contributed by atoms with E-state index < -0.39 is 0 Å². The highest BCUT2D eigenvalue weighted by atomic mass is 16.5. The maximum Gasteiger partial charge on any atom is 0.257 e. The van der Waals surface area contributed by atoms with Gasteiger partial charge in [-0.2, -0.15) is 4.98 Å². The normalized spacial score (nSPS) is 10.9. The summed E-state index contributed by atoms with van der Waals surface area (Å²) in [5, 5.41) is 3.90. The second-order valence-corrected chi connectivity index (χ2v) is 3.73. The van der Waals surface area contributed by atoms with Gasteiger partial charge in [-0.3, -0.25) is 0 Å². The molecule has 0 atom stereocenters. The molecule has 0 saturated heterocycles. The Labute approximate surface area is 88.1 Å². The number of nitrogens with two attached hydrogens (primary N) is 1. The highest BCUT2D eigenvalue weighted by Gasteiger charge is 2.10. The van der Waals surface area contributed by atoms with Crippen LogP contribution in [0, 0.1) is 0 Å². The van der Waals surface area contributed by atoms with Crippen molar-refractivity contribution in [3.05, 3.63) is 30.1 Å². The average molecular weight is 203 g/mol. The van der Waals surface area contributed by atoms with Crippen molar-refractivity contribution in [2.45, 2.75) is 19.8 Å². The highest BCUT2D eigenvalue weighted by molar-refractivity contribution is 5.56. The first-order valence-corrected chi connectivity index (χ1v) is 4.86. The summed E-state index contributed by atoms with van der Waals surface area (Å²) in [7, 11) is 0. The minimum atomic E-state index is 0.274. The molecule has 2 N–H and O–H groups in total. The van der Waals surface area contributed by atoms with Crippen LogP contribution in [0.5, 0.6) is 0 Å². The molecule has 0 bridgehead atoms. The number of nitrogens with zero attached hydrogens (tertiary/aromatic N) is 2. The molecule has 0 spiro atoms. The van der Waals surface area contributed by atoms with Gasteiger partial charge in [-0.15, -0.1) is 0 Å². The molecule has 0 aliphatic carbocycles. The third kappa shape index (κ3) is 1.98. The molecule has 15 heavy (non-hydrogen) atoms. The molecule has 0 radical (unpaired) electrons. The van der Waals surface area contributed by atoms with E-state index in [2.05, 4.69) is 10.1 Å².